The maximum absolute atomic E-state index is 10.4. The third-order valence-electron chi connectivity index (χ3n) is 1.75. The summed E-state index contributed by atoms with van der Waals surface area (Å²) in [5.74, 6) is 5.54. The van der Waals surface area contributed by atoms with Gasteiger partial charge < -0.3 is 5.73 Å². The third-order valence-corrected chi connectivity index (χ3v) is 1.75. The van der Waals surface area contributed by atoms with Crippen LogP contribution in [0.1, 0.15) is 11.1 Å². The molecule has 14 heavy (non-hydrogen) atoms. The van der Waals surface area contributed by atoms with Crippen LogP contribution in [0.15, 0.2) is 18.2 Å². The van der Waals surface area contributed by atoms with E-state index in [1.165, 1.54) is 12.1 Å². The quantitative estimate of drug-likeness (QED) is 0.411. The van der Waals surface area contributed by atoms with E-state index in [4.69, 9.17) is 5.73 Å². The molecule has 0 bridgehead atoms. The second-order valence-electron chi connectivity index (χ2n) is 2.76. The number of nitrogens with two attached hydrogens (primary N) is 1. The van der Waals surface area contributed by atoms with Gasteiger partial charge in [0.15, 0.2) is 0 Å². The van der Waals surface area contributed by atoms with Crippen LogP contribution >= 0.6 is 0 Å². The van der Waals surface area contributed by atoms with Gasteiger partial charge in [-0.25, -0.2) is 0 Å². The van der Waals surface area contributed by atoms with Crippen molar-refractivity contribution in [2.24, 2.45) is 5.73 Å². The number of nitro benzene ring substituents is 1. The molecule has 0 saturated heterocycles. The number of nitro groups is 1. The van der Waals surface area contributed by atoms with Gasteiger partial charge in [-0.05, 0) is 18.6 Å². The Kier molecular flexibility index (Phi) is 3.21. The highest BCUT2D eigenvalue weighted by Crippen LogP contribution is 2.15. The minimum atomic E-state index is -0.423. The average Bonchev–Trinajstić information content (AvgIpc) is 2.15. The van der Waals surface area contributed by atoms with Crippen LogP contribution in [0.4, 0.5) is 5.69 Å². The molecule has 0 radical (unpaired) electrons. The maximum Gasteiger partial charge on any atom is 0.269 e. The predicted octanol–water partition coefficient (Wildman–Crippen LogP) is 1.21. The van der Waals surface area contributed by atoms with Crippen LogP contribution in [0.3, 0.4) is 0 Å². The first-order valence-corrected chi connectivity index (χ1v) is 4.09. The van der Waals surface area contributed by atoms with Crippen LogP contribution in [0.25, 0.3) is 0 Å². The summed E-state index contributed by atoms with van der Waals surface area (Å²) < 4.78 is 0. The van der Waals surface area contributed by atoms with Crippen molar-refractivity contribution in [3.8, 4) is 11.8 Å². The second kappa shape index (κ2) is 4.40. The molecule has 0 aliphatic carbocycles. The summed E-state index contributed by atoms with van der Waals surface area (Å²) in [6, 6.07) is 4.57. The van der Waals surface area contributed by atoms with Crippen LogP contribution in [-0.4, -0.2) is 11.5 Å². The van der Waals surface area contributed by atoms with Gasteiger partial charge in [0, 0.05) is 17.7 Å². The predicted molar refractivity (Wildman–Crippen MR) is 53.8 cm³/mol. The molecule has 0 unspecified atom stereocenters. The van der Waals surface area contributed by atoms with Gasteiger partial charge in [0.25, 0.3) is 5.69 Å². The van der Waals surface area contributed by atoms with Crippen molar-refractivity contribution in [2.45, 2.75) is 6.92 Å². The van der Waals surface area contributed by atoms with Gasteiger partial charge in [-0.3, -0.25) is 10.1 Å². The Labute approximate surface area is 81.9 Å². The molecule has 0 atom stereocenters. The van der Waals surface area contributed by atoms with Crippen LogP contribution in [0.5, 0.6) is 0 Å². The molecule has 4 heteroatoms. The van der Waals surface area contributed by atoms with Crippen molar-refractivity contribution in [1.82, 2.24) is 0 Å². The Bertz CT molecular complexity index is 416. The van der Waals surface area contributed by atoms with Gasteiger partial charge in [0.1, 0.15) is 0 Å². The van der Waals surface area contributed by atoms with Crippen LogP contribution in [0, 0.1) is 28.9 Å². The van der Waals surface area contributed by atoms with Gasteiger partial charge in [-0.15, -0.1) is 0 Å². The van der Waals surface area contributed by atoms with Gasteiger partial charge in [-0.1, -0.05) is 11.8 Å². The van der Waals surface area contributed by atoms with E-state index < -0.39 is 4.92 Å². The Morgan fingerprint density at radius 3 is 2.79 bits per heavy atom. The standard InChI is InChI=1S/C10H10N2O2/c1-8-7-10(12(13)14)5-4-9(8)3-2-6-11/h4-5,7H,6,11H2,1H3. The van der Waals surface area contributed by atoms with Gasteiger partial charge in [0.05, 0.1) is 11.5 Å². The molecule has 1 rings (SSSR count). The van der Waals surface area contributed by atoms with E-state index in [1.54, 1.807) is 13.0 Å². The van der Waals surface area contributed by atoms with Gasteiger partial charge >= 0.3 is 0 Å². The molecule has 1 aromatic rings. The monoisotopic (exact) mass is 190 g/mol. The number of hydrogen-bond acceptors (Lipinski definition) is 3. The first-order valence-electron chi connectivity index (χ1n) is 4.09. The van der Waals surface area contributed by atoms with Gasteiger partial charge in [-0.2, -0.15) is 0 Å². The van der Waals surface area contributed by atoms with Crippen molar-refractivity contribution in [1.29, 1.82) is 0 Å². The Hall–Kier alpha value is -1.86. The molecule has 0 saturated carbocycles. The first kappa shape index (κ1) is 10.2. The van der Waals surface area contributed by atoms with E-state index in [1.807, 2.05) is 0 Å². The van der Waals surface area contributed by atoms with Crippen LogP contribution in [-0.2, 0) is 0 Å². The molecule has 1 aromatic carbocycles. The van der Waals surface area contributed by atoms with Crippen LogP contribution < -0.4 is 5.73 Å². The zero-order valence-electron chi connectivity index (χ0n) is 7.78. The fraction of sp³-hybridized carbons (Fsp3) is 0.200. The lowest BCUT2D eigenvalue weighted by atomic mass is 10.1. The molecule has 0 heterocycles. The molecule has 0 aliphatic rings. The zero-order valence-corrected chi connectivity index (χ0v) is 7.78. The number of aryl methyl sites for hydroxylation is 1. The molecule has 0 amide bonds. The summed E-state index contributed by atoms with van der Waals surface area (Å²) in [6.45, 7) is 2.07. The SMILES string of the molecule is Cc1cc([N+](=O)[O-])ccc1C#CCN. The smallest absolute Gasteiger partial charge is 0.269 e. The molecule has 4 nitrogen and oxygen atoms in total. The van der Waals surface area contributed by atoms with Crippen molar-refractivity contribution in [3.63, 3.8) is 0 Å². The summed E-state index contributed by atoms with van der Waals surface area (Å²) in [5.41, 5.74) is 6.88. The summed E-state index contributed by atoms with van der Waals surface area (Å²) in [7, 11) is 0. The average molecular weight is 190 g/mol. The van der Waals surface area contributed by atoms with Crippen molar-refractivity contribution >= 4 is 5.69 Å². The Morgan fingerprint density at radius 2 is 2.29 bits per heavy atom. The number of nitrogens with zero attached hydrogens (tertiary/aromatic N) is 1. The topological polar surface area (TPSA) is 69.2 Å². The fourth-order valence-corrected chi connectivity index (χ4v) is 1.05. The molecule has 72 valence electrons. The van der Waals surface area contributed by atoms with Crippen molar-refractivity contribution in [2.75, 3.05) is 6.54 Å². The highest BCUT2D eigenvalue weighted by molar-refractivity contribution is 5.47. The normalized spacial score (nSPS) is 9.00. The number of hydrogen-bond donors (Lipinski definition) is 1. The van der Waals surface area contributed by atoms with E-state index in [0.717, 1.165) is 11.1 Å². The van der Waals surface area contributed by atoms with E-state index in [9.17, 15) is 10.1 Å². The summed E-state index contributed by atoms with van der Waals surface area (Å²) in [4.78, 5) is 10.0. The molecule has 2 N–H and O–H groups in total. The molecular weight excluding hydrogens is 180 g/mol. The molecule has 0 fully saturated rings. The lowest BCUT2D eigenvalue weighted by Gasteiger charge is -1.97. The summed E-state index contributed by atoms with van der Waals surface area (Å²) in [5, 5.41) is 10.4. The minimum absolute atomic E-state index is 0.0841. The van der Waals surface area contributed by atoms with E-state index in [2.05, 4.69) is 11.8 Å². The summed E-state index contributed by atoms with van der Waals surface area (Å²) in [6.07, 6.45) is 0. The lowest BCUT2D eigenvalue weighted by molar-refractivity contribution is -0.384. The molecule has 0 aliphatic heterocycles. The van der Waals surface area contributed by atoms with Crippen molar-refractivity contribution < 1.29 is 4.92 Å². The highest BCUT2D eigenvalue weighted by atomic mass is 16.6. The maximum atomic E-state index is 10.4. The lowest BCUT2D eigenvalue weighted by Crippen LogP contribution is -1.94. The van der Waals surface area contributed by atoms with Crippen LogP contribution in [0.2, 0.25) is 0 Å². The van der Waals surface area contributed by atoms with Gasteiger partial charge in [0.2, 0.25) is 0 Å². The molecule has 0 aromatic heterocycles. The van der Waals surface area contributed by atoms with E-state index >= 15 is 0 Å². The first-order chi connectivity index (χ1) is 6.65. The Balaban J connectivity index is 3.07. The third kappa shape index (κ3) is 2.31. The molecule has 0 spiro atoms. The highest BCUT2D eigenvalue weighted by Gasteiger charge is 2.05. The zero-order chi connectivity index (χ0) is 10.6. The van der Waals surface area contributed by atoms with Crippen molar-refractivity contribution in [3.05, 3.63) is 39.4 Å². The number of rotatable bonds is 1. The second-order valence-corrected chi connectivity index (χ2v) is 2.76. The largest absolute Gasteiger partial charge is 0.320 e. The minimum Gasteiger partial charge on any atom is -0.320 e. The van der Waals surface area contributed by atoms with E-state index in [0.29, 0.717) is 0 Å². The van der Waals surface area contributed by atoms with E-state index in [-0.39, 0.29) is 12.2 Å². The number of benzene rings is 1. The fourth-order valence-electron chi connectivity index (χ4n) is 1.05. The Morgan fingerprint density at radius 1 is 1.57 bits per heavy atom. The summed E-state index contributed by atoms with van der Waals surface area (Å²) >= 11 is 0. The number of non-ortho nitro benzene ring substituents is 1. The molecular formula is C10H10N2O2.